The fraction of sp³-hybridized carbons (Fsp3) is 0.750. The highest BCUT2D eigenvalue weighted by Gasteiger charge is 2.27. The zero-order valence-corrected chi connectivity index (χ0v) is 10.2. The smallest absolute Gasteiger partial charge is 0.326 e. The Bertz CT molecular complexity index is 322. The van der Waals surface area contributed by atoms with E-state index in [-0.39, 0.29) is 31.1 Å². The van der Waals surface area contributed by atoms with Gasteiger partial charge in [0.15, 0.2) is 0 Å². The fourth-order valence-electron chi connectivity index (χ4n) is 2.19. The molecule has 6 heteroatoms. The van der Waals surface area contributed by atoms with Crippen LogP contribution in [-0.2, 0) is 14.4 Å². The zero-order chi connectivity index (χ0) is 13.5. The van der Waals surface area contributed by atoms with E-state index in [1.54, 1.807) is 0 Å². The number of nitrogens with one attached hydrogen (secondary N) is 1. The van der Waals surface area contributed by atoms with Crippen LogP contribution in [-0.4, -0.2) is 34.1 Å². The molecule has 1 saturated carbocycles. The number of hydrogen-bond donors (Lipinski definition) is 3. The maximum Gasteiger partial charge on any atom is 0.326 e. The van der Waals surface area contributed by atoms with Crippen LogP contribution in [0.2, 0.25) is 0 Å². The molecule has 1 atom stereocenters. The second-order valence-corrected chi connectivity index (χ2v) is 4.67. The zero-order valence-electron chi connectivity index (χ0n) is 10.2. The van der Waals surface area contributed by atoms with Gasteiger partial charge in [0.25, 0.3) is 0 Å². The van der Waals surface area contributed by atoms with Crippen LogP contribution >= 0.6 is 0 Å². The van der Waals surface area contributed by atoms with Gasteiger partial charge in [0, 0.05) is 12.3 Å². The Hall–Kier alpha value is -1.59. The van der Waals surface area contributed by atoms with Crippen LogP contribution in [0.3, 0.4) is 0 Å². The summed E-state index contributed by atoms with van der Waals surface area (Å²) in [5.74, 6) is -2.35. The molecule has 1 aliphatic carbocycles. The first-order chi connectivity index (χ1) is 8.50. The highest BCUT2D eigenvalue weighted by atomic mass is 16.4. The number of carboxylic acid groups (broad SMARTS) is 2. The van der Waals surface area contributed by atoms with Gasteiger partial charge in [0.05, 0.1) is 0 Å². The van der Waals surface area contributed by atoms with E-state index in [4.69, 9.17) is 10.2 Å². The highest BCUT2D eigenvalue weighted by Crippen LogP contribution is 2.24. The molecule has 1 rings (SSSR count). The summed E-state index contributed by atoms with van der Waals surface area (Å²) in [6.45, 7) is 0. The Kier molecular flexibility index (Phi) is 5.61. The summed E-state index contributed by atoms with van der Waals surface area (Å²) in [5, 5.41) is 20.0. The van der Waals surface area contributed by atoms with E-state index in [1.165, 1.54) is 0 Å². The summed E-state index contributed by atoms with van der Waals surface area (Å²) >= 11 is 0. The Balaban J connectivity index is 2.39. The van der Waals surface area contributed by atoms with E-state index in [1.807, 2.05) is 0 Å². The minimum absolute atomic E-state index is 0.0775. The van der Waals surface area contributed by atoms with Gasteiger partial charge in [-0.3, -0.25) is 9.59 Å². The average Bonchev–Trinajstić information content (AvgIpc) is 2.80. The van der Waals surface area contributed by atoms with Crippen molar-refractivity contribution in [1.82, 2.24) is 5.32 Å². The molecule has 1 aliphatic rings. The summed E-state index contributed by atoms with van der Waals surface area (Å²) < 4.78 is 0. The van der Waals surface area contributed by atoms with Crippen LogP contribution < -0.4 is 5.32 Å². The molecule has 1 amide bonds. The van der Waals surface area contributed by atoms with Crippen molar-refractivity contribution in [3.8, 4) is 0 Å². The summed E-state index contributed by atoms with van der Waals surface area (Å²) in [6.07, 6.45) is 3.96. The predicted octanol–water partition coefficient (Wildman–Crippen LogP) is 1.00. The van der Waals surface area contributed by atoms with Crippen LogP contribution in [0.25, 0.3) is 0 Å². The minimum atomic E-state index is -1.10. The minimum Gasteiger partial charge on any atom is -0.481 e. The van der Waals surface area contributed by atoms with Gasteiger partial charge in [-0.25, -0.2) is 4.79 Å². The third-order valence-corrected chi connectivity index (χ3v) is 3.22. The SMILES string of the molecule is O=C(O)CCC[C@@H](NC(=O)C1CCCC1)C(=O)O. The van der Waals surface area contributed by atoms with Gasteiger partial charge in [0.1, 0.15) is 6.04 Å². The predicted molar refractivity (Wildman–Crippen MR) is 63.0 cm³/mol. The largest absolute Gasteiger partial charge is 0.481 e. The van der Waals surface area contributed by atoms with Gasteiger partial charge in [-0.2, -0.15) is 0 Å². The lowest BCUT2D eigenvalue weighted by molar-refractivity contribution is -0.143. The van der Waals surface area contributed by atoms with E-state index >= 15 is 0 Å². The van der Waals surface area contributed by atoms with E-state index in [0.717, 1.165) is 25.7 Å². The molecule has 0 unspecified atom stereocenters. The number of hydrogen-bond acceptors (Lipinski definition) is 3. The first kappa shape index (κ1) is 14.5. The number of carbonyl (C=O) groups is 3. The third-order valence-electron chi connectivity index (χ3n) is 3.22. The van der Waals surface area contributed by atoms with Gasteiger partial charge in [0.2, 0.25) is 5.91 Å². The Labute approximate surface area is 105 Å². The molecule has 0 radical (unpaired) electrons. The van der Waals surface area contributed by atoms with Crippen molar-refractivity contribution in [3.05, 3.63) is 0 Å². The second kappa shape index (κ2) is 6.98. The molecule has 3 N–H and O–H groups in total. The van der Waals surface area contributed by atoms with Gasteiger partial charge in [-0.05, 0) is 25.7 Å². The van der Waals surface area contributed by atoms with Crippen LogP contribution in [0.5, 0.6) is 0 Å². The number of amides is 1. The molecule has 1 fully saturated rings. The molecular formula is C12H19NO5. The molecule has 0 aromatic heterocycles. The summed E-state index contributed by atoms with van der Waals surface area (Å²) in [7, 11) is 0. The first-order valence-electron chi connectivity index (χ1n) is 6.25. The van der Waals surface area contributed by atoms with Gasteiger partial charge >= 0.3 is 11.9 Å². The van der Waals surface area contributed by atoms with E-state index < -0.39 is 18.0 Å². The quantitative estimate of drug-likeness (QED) is 0.631. The van der Waals surface area contributed by atoms with E-state index in [0.29, 0.717) is 0 Å². The molecule has 102 valence electrons. The Morgan fingerprint density at radius 1 is 1.17 bits per heavy atom. The van der Waals surface area contributed by atoms with Crippen LogP contribution in [0, 0.1) is 5.92 Å². The monoisotopic (exact) mass is 257 g/mol. The molecule has 0 saturated heterocycles. The molecular weight excluding hydrogens is 238 g/mol. The Morgan fingerprint density at radius 2 is 1.78 bits per heavy atom. The number of carboxylic acids is 2. The van der Waals surface area contributed by atoms with Gasteiger partial charge in [-0.1, -0.05) is 12.8 Å². The molecule has 0 aliphatic heterocycles. The van der Waals surface area contributed by atoms with Crippen LogP contribution in [0.1, 0.15) is 44.9 Å². The molecule has 18 heavy (non-hydrogen) atoms. The van der Waals surface area contributed by atoms with Crippen molar-refractivity contribution in [2.45, 2.75) is 51.0 Å². The average molecular weight is 257 g/mol. The maximum absolute atomic E-state index is 11.8. The van der Waals surface area contributed by atoms with E-state index in [9.17, 15) is 14.4 Å². The molecule has 0 bridgehead atoms. The van der Waals surface area contributed by atoms with Gasteiger partial charge in [-0.15, -0.1) is 0 Å². The van der Waals surface area contributed by atoms with Crippen molar-refractivity contribution in [2.75, 3.05) is 0 Å². The number of rotatable bonds is 7. The Morgan fingerprint density at radius 3 is 2.28 bits per heavy atom. The fourth-order valence-corrected chi connectivity index (χ4v) is 2.19. The van der Waals surface area contributed by atoms with Crippen LogP contribution in [0.4, 0.5) is 0 Å². The normalized spacial score (nSPS) is 17.3. The molecule has 6 nitrogen and oxygen atoms in total. The lowest BCUT2D eigenvalue weighted by Crippen LogP contribution is -2.43. The van der Waals surface area contributed by atoms with Crippen LogP contribution in [0.15, 0.2) is 0 Å². The third kappa shape index (κ3) is 4.73. The lowest BCUT2D eigenvalue weighted by Gasteiger charge is -2.16. The van der Waals surface area contributed by atoms with Crippen molar-refractivity contribution in [3.63, 3.8) is 0 Å². The molecule has 0 aromatic rings. The number of carbonyl (C=O) groups excluding carboxylic acids is 1. The van der Waals surface area contributed by atoms with Gasteiger partial charge < -0.3 is 15.5 Å². The molecule has 0 spiro atoms. The van der Waals surface area contributed by atoms with Crippen molar-refractivity contribution < 1.29 is 24.6 Å². The summed E-state index contributed by atoms with van der Waals surface area (Å²) in [6, 6.07) is -0.975. The van der Waals surface area contributed by atoms with Crippen molar-refractivity contribution in [1.29, 1.82) is 0 Å². The summed E-state index contributed by atoms with van der Waals surface area (Å²) in [5.41, 5.74) is 0. The number of aliphatic carboxylic acids is 2. The van der Waals surface area contributed by atoms with E-state index in [2.05, 4.69) is 5.32 Å². The highest BCUT2D eigenvalue weighted by molar-refractivity contribution is 5.85. The molecule has 0 heterocycles. The van der Waals surface area contributed by atoms with Crippen molar-refractivity contribution >= 4 is 17.8 Å². The lowest BCUT2D eigenvalue weighted by atomic mass is 10.1. The summed E-state index contributed by atoms with van der Waals surface area (Å²) in [4.78, 5) is 33.1. The molecule has 0 aromatic carbocycles. The standard InChI is InChI=1S/C12H19NO5/c14-10(15)7-3-6-9(12(17)18)13-11(16)8-4-1-2-5-8/h8-9H,1-7H2,(H,13,16)(H,14,15)(H,17,18)/t9-/m1/s1. The second-order valence-electron chi connectivity index (χ2n) is 4.67. The van der Waals surface area contributed by atoms with Crippen molar-refractivity contribution in [2.24, 2.45) is 5.92 Å². The topological polar surface area (TPSA) is 104 Å². The first-order valence-corrected chi connectivity index (χ1v) is 6.25. The maximum atomic E-state index is 11.8.